The zero-order chi connectivity index (χ0) is 24.6. The van der Waals surface area contributed by atoms with Crippen molar-refractivity contribution in [3.05, 3.63) is 89.0 Å². The molecule has 3 fully saturated rings. The summed E-state index contributed by atoms with van der Waals surface area (Å²) in [7, 11) is 0. The van der Waals surface area contributed by atoms with E-state index in [0.717, 1.165) is 49.9 Å². The SMILES string of the molecule is c1cc(OCC2CO2)ccc1CC1c2cc(OCC3CO3)cc(c2)C1Cc1ccc(OCC2CO2)cc1. The number of epoxide rings is 3. The van der Waals surface area contributed by atoms with Crippen LogP contribution >= 0.6 is 0 Å². The molecule has 0 radical (unpaired) electrons. The van der Waals surface area contributed by atoms with Gasteiger partial charge in [0.2, 0.25) is 0 Å². The van der Waals surface area contributed by atoms with E-state index in [0.29, 0.717) is 31.7 Å². The Bertz CT molecular complexity index is 1130. The smallest absolute Gasteiger partial charge is 0.120 e. The predicted molar refractivity (Wildman–Crippen MR) is 138 cm³/mol. The average Bonchev–Trinajstić information content (AvgIpc) is 3.79. The Morgan fingerprint density at radius 3 is 1.27 bits per heavy atom. The first-order chi connectivity index (χ1) is 18.2. The maximum absolute atomic E-state index is 6.08. The van der Waals surface area contributed by atoms with Gasteiger partial charge >= 0.3 is 0 Å². The van der Waals surface area contributed by atoms with Crippen molar-refractivity contribution in [2.24, 2.45) is 0 Å². The van der Waals surface area contributed by atoms with Crippen LogP contribution in [0.4, 0.5) is 0 Å². The number of fused-ring (bicyclic) bond motifs is 2. The average molecular weight is 501 g/mol. The minimum Gasteiger partial charge on any atom is -0.491 e. The normalized spacial score (nSPS) is 26.5. The molecule has 1 aliphatic carbocycles. The summed E-state index contributed by atoms with van der Waals surface area (Å²) in [5.41, 5.74) is 5.33. The van der Waals surface area contributed by atoms with Crippen molar-refractivity contribution in [3.63, 3.8) is 0 Å². The lowest BCUT2D eigenvalue weighted by Gasteiger charge is -2.22. The van der Waals surface area contributed by atoms with Crippen LogP contribution in [-0.2, 0) is 27.1 Å². The molecule has 0 aromatic heterocycles. The van der Waals surface area contributed by atoms with Crippen molar-refractivity contribution in [2.75, 3.05) is 39.6 Å². The van der Waals surface area contributed by atoms with E-state index in [-0.39, 0.29) is 18.3 Å². The maximum Gasteiger partial charge on any atom is 0.120 e. The minimum absolute atomic E-state index is 0.249. The van der Waals surface area contributed by atoms with Crippen molar-refractivity contribution in [2.45, 2.75) is 43.0 Å². The summed E-state index contributed by atoms with van der Waals surface area (Å²) in [6, 6.07) is 23.9. The van der Waals surface area contributed by atoms with E-state index >= 15 is 0 Å². The van der Waals surface area contributed by atoms with Gasteiger partial charge in [-0.15, -0.1) is 0 Å². The molecule has 6 nitrogen and oxygen atoms in total. The molecule has 5 atom stereocenters. The second kappa shape index (κ2) is 10.0. The van der Waals surface area contributed by atoms with E-state index in [1.54, 1.807) is 0 Å². The highest BCUT2D eigenvalue weighted by atomic mass is 16.6. The van der Waals surface area contributed by atoms with Crippen LogP contribution in [0.15, 0.2) is 66.7 Å². The topological polar surface area (TPSA) is 65.3 Å². The first-order valence-electron chi connectivity index (χ1n) is 13.3. The fraction of sp³-hybridized carbons (Fsp3) is 0.419. The minimum atomic E-state index is 0.249. The first-order valence-corrected chi connectivity index (χ1v) is 13.3. The molecule has 6 heteroatoms. The molecule has 3 aliphatic heterocycles. The lowest BCUT2D eigenvalue weighted by Crippen LogP contribution is -2.11. The molecule has 0 spiro atoms. The van der Waals surface area contributed by atoms with Crippen LogP contribution in [0.1, 0.15) is 34.1 Å². The molecule has 2 bridgehead atoms. The highest BCUT2D eigenvalue weighted by Crippen LogP contribution is 2.46. The third-order valence-electron chi connectivity index (χ3n) is 7.57. The van der Waals surface area contributed by atoms with Gasteiger partial charge in [-0.1, -0.05) is 30.3 Å². The first kappa shape index (κ1) is 23.1. The lowest BCUT2D eigenvalue weighted by atomic mass is 9.82. The predicted octanol–water partition coefficient (Wildman–Crippen LogP) is 4.69. The molecule has 0 amide bonds. The van der Waals surface area contributed by atoms with Gasteiger partial charge in [-0.3, -0.25) is 0 Å². The summed E-state index contributed by atoms with van der Waals surface area (Å²) in [4.78, 5) is 0. The maximum atomic E-state index is 6.08. The van der Waals surface area contributed by atoms with Crippen LogP contribution in [0.2, 0.25) is 0 Å². The zero-order valence-electron chi connectivity index (χ0n) is 20.8. The van der Waals surface area contributed by atoms with E-state index in [1.807, 2.05) is 0 Å². The molecular weight excluding hydrogens is 468 g/mol. The summed E-state index contributed by atoms with van der Waals surface area (Å²) < 4.78 is 33.6. The van der Waals surface area contributed by atoms with Gasteiger partial charge in [0.05, 0.1) is 19.8 Å². The van der Waals surface area contributed by atoms with Crippen LogP contribution < -0.4 is 14.2 Å². The third-order valence-corrected chi connectivity index (χ3v) is 7.57. The molecular formula is C31H32O6. The molecule has 4 aliphatic rings. The molecule has 3 aromatic rings. The molecule has 192 valence electrons. The lowest BCUT2D eigenvalue weighted by molar-refractivity contribution is 0.263. The van der Waals surface area contributed by atoms with Gasteiger partial charge in [-0.2, -0.15) is 0 Å². The fourth-order valence-corrected chi connectivity index (χ4v) is 5.15. The molecule has 37 heavy (non-hydrogen) atoms. The van der Waals surface area contributed by atoms with Gasteiger partial charge in [-0.05, 0) is 83.3 Å². The molecule has 5 unspecified atom stereocenters. The molecule has 3 saturated heterocycles. The Hall–Kier alpha value is -3.06. The summed E-state index contributed by atoms with van der Waals surface area (Å²) in [6.07, 6.45) is 2.72. The number of hydrogen-bond donors (Lipinski definition) is 0. The molecule has 0 N–H and O–H groups in total. The largest absolute Gasteiger partial charge is 0.491 e. The fourth-order valence-electron chi connectivity index (χ4n) is 5.15. The summed E-state index contributed by atoms with van der Waals surface area (Å²) in [5.74, 6) is 3.53. The van der Waals surface area contributed by atoms with Crippen molar-refractivity contribution >= 4 is 0 Å². The molecule has 3 aromatic carbocycles. The van der Waals surface area contributed by atoms with E-state index in [4.69, 9.17) is 28.4 Å². The Labute approximate surface area is 217 Å². The van der Waals surface area contributed by atoms with Gasteiger partial charge in [0.1, 0.15) is 55.4 Å². The Balaban J connectivity index is 1.07. The van der Waals surface area contributed by atoms with Crippen LogP contribution in [0.25, 0.3) is 0 Å². The molecule has 7 rings (SSSR count). The van der Waals surface area contributed by atoms with Crippen LogP contribution in [-0.4, -0.2) is 58.0 Å². The number of ether oxygens (including phenoxy) is 6. The van der Waals surface area contributed by atoms with Crippen LogP contribution in [0, 0.1) is 0 Å². The van der Waals surface area contributed by atoms with Crippen molar-refractivity contribution in [3.8, 4) is 17.2 Å². The van der Waals surface area contributed by atoms with Gasteiger partial charge in [-0.25, -0.2) is 0 Å². The van der Waals surface area contributed by atoms with E-state index < -0.39 is 0 Å². The third kappa shape index (κ3) is 5.93. The van der Waals surface area contributed by atoms with Gasteiger partial charge in [0.25, 0.3) is 0 Å². The van der Waals surface area contributed by atoms with E-state index in [1.165, 1.54) is 22.3 Å². The van der Waals surface area contributed by atoms with E-state index in [2.05, 4.69) is 66.7 Å². The Kier molecular flexibility index (Phi) is 6.25. The highest BCUT2D eigenvalue weighted by molar-refractivity contribution is 5.47. The number of benzene rings is 3. The van der Waals surface area contributed by atoms with Crippen LogP contribution in [0.3, 0.4) is 0 Å². The van der Waals surface area contributed by atoms with Gasteiger partial charge in [0, 0.05) is 0 Å². The number of hydrogen-bond acceptors (Lipinski definition) is 6. The van der Waals surface area contributed by atoms with Crippen molar-refractivity contribution in [1.82, 2.24) is 0 Å². The monoisotopic (exact) mass is 500 g/mol. The van der Waals surface area contributed by atoms with Crippen molar-refractivity contribution in [1.29, 1.82) is 0 Å². The Morgan fingerprint density at radius 1 is 0.514 bits per heavy atom. The second-order valence-electron chi connectivity index (χ2n) is 10.5. The molecule has 0 saturated carbocycles. The molecule has 3 heterocycles. The van der Waals surface area contributed by atoms with Gasteiger partial charge in [0.15, 0.2) is 0 Å². The quantitative estimate of drug-likeness (QED) is 0.318. The van der Waals surface area contributed by atoms with Gasteiger partial charge < -0.3 is 28.4 Å². The van der Waals surface area contributed by atoms with E-state index in [9.17, 15) is 0 Å². The van der Waals surface area contributed by atoms with Crippen molar-refractivity contribution < 1.29 is 28.4 Å². The summed E-state index contributed by atoms with van der Waals surface area (Å²) in [6.45, 7) is 4.30. The summed E-state index contributed by atoms with van der Waals surface area (Å²) >= 11 is 0. The summed E-state index contributed by atoms with van der Waals surface area (Å²) in [5, 5.41) is 0. The second-order valence-corrected chi connectivity index (χ2v) is 10.5. The zero-order valence-corrected chi connectivity index (χ0v) is 20.8. The Morgan fingerprint density at radius 2 is 0.892 bits per heavy atom. The highest BCUT2D eigenvalue weighted by Gasteiger charge is 2.33. The number of rotatable bonds is 13. The standard InChI is InChI=1S/C31H32O6/c1-5-24(32-14-27-17-35-27)6-2-20(1)9-30-22-11-23(13-26(12-22)34-16-29-19-37-29)31(30)10-21-3-7-25(8-4-21)33-15-28-18-36-28/h1-8,11-13,27-31H,9-10,14-19H2. The van der Waals surface area contributed by atoms with Crippen LogP contribution in [0.5, 0.6) is 17.2 Å².